The zero-order valence-electron chi connectivity index (χ0n) is 15.2. The molecule has 1 unspecified atom stereocenters. The summed E-state index contributed by atoms with van der Waals surface area (Å²) in [5.41, 5.74) is 2.67. The molecule has 3 nitrogen and oxygen atoms in total. The Labute approximate surface area is 167 Å². The molecule has 0 bridgehead atoms. The molecule has 0 aromatic heterocycles. The molecule has 0 aliphatic heterocycles. The second-order valence-electron chi connectivity index (χ2n) is 5.40. The molecule has 3 rings (SSSR count). The average Bonchev–Trinajstić information content (AvgIpc) is 2.68. The quantitative estimate of drug-likeness (QED) is 0.491. The summed E-state index contributed by atoms with van der Waals surface area (Å²) in [5, 5.41) is 1.01. The predicted molar refractivity (Wildman–Crippen MR) is 109 cm³/mol. The Morgan fingerprint density at radius 2 is 1.35 bits per heavy atom. The van der Waals surface area contributed by atoms with Crippen LogP contribution in [0.3, 0.4) is 0 Å². The van der Waals surface area contributed by atoms with E-state index in [1.165, 1.54) is 0 Å². The number of methoxy groups -OCH3 is 2. The summed E-state index contributed by atoms with van der Waals surface area (Å²) < 4.78 is 10.7. The topological polar surface area (TPSA) is 35.5 Å². The van der Waals surface area contributed by atoms with Gasteiger partial charge in [-0.2, -0.15) is 0 Å². The van der Waals surface area contributed by atoms with Gasteiger partial charge in [0, 0.05) is 18.9 Å². The van der Waals surface area contributed by atoms with Crippen LogP contribution in [0.15, 0.2) is 72.8 Å². The van der Waals surface area contributed by atoms with Crippen molar-refractivity contribution in [2.45, 2.75) is 0 Å². The maximum Gasteiger partial charge on any atom is 0.193 e. The molecule has 127 valence electrons. The van der Waals surface area contributed by atoms with Crippen LogP contribution in [0, 0.1) is 0 Å². The molecule has 0 aliphatic rings. The van der Waals surface area contributed by atoms with Gasteiger partial charge in [0.05, 0.1) is 14.2 Å². The normalized spacial score (nSPS) is 10.4. The van der Waals surface area contributed by atoms with Crippen LogP contribution >= 0.6 is 8.58 Å². The molecule has 0 saturated heterocycles. The van der Waals surface area contributed by atoms with E-state index < -0.39 is 0 Å². The van der Waals surface area contributed by atoms with Crippen LogP contribution in [-0.2, 0) is 0 Å². The minimum atomic E-state index is -0.0200. The fraction of sp³-hybridized carbons (Fsp3) is 0.0952. The van der Waals surface area contributed by atoms with E-state index in [1.54, 1.807) is 26.4 Å². The second kappa shape index (κ2) is 9.60. The van der Waals surface area contributed by atoms with Crippen molar-refractivity contribution >= 4 is 38.3 Å². The Morgan fingerprint density at radius 3 is 1.96 bits per heavy atom. The minimum absolute atomic E-state index is 0. The Bertz CT molecular complexity index is 859. The van der Waals surface area contributed by atoms with E-state index in [9.17, 15) is 4.79 Å². The van der Waals surface area contributed by atoms with Gasteiger partial charge in [-0.15, -0.1) is 0 Å². The van der Waals surface area contributed by atoms with Crippen LogP contribution < -0.4 is 14.8 Å². The number of hydrogen-bond donors (Lipinski definition) is 0. The summed E-state index contributed by atoms with van der Waals surface area (Å²) in [4.78, 5) is 13.0. The summed E-state index contributed by atoms with van der Waals surface area (Å²) in [6, 6.07) is 23.5. The van der Waals surface area contributed by atoms with Gasteiger partial charge in [0.25, 0.3) is 0 Å². The number of benzene rings is 3. The molecule has 0 saturated carbocycles. The third kappa shape index (κ3) is 4.37. The first kappa shape index (κ1) is 20.3. The second-order valence-corrected chi connectivity index (χ2v) is 6.65. The fourth-order valence-corrected chi connectivity index (χ4v) is 3.88. The Balaban J connectivity index is 0.00000243. The fourth-order valence-electron chi connectivity index (χ4n) is 2.72. The van der Waals surface area contributed by atoms with Gasteiger partial charge < -0.3 is 9.47 Å². The molecule has 0 N–H and O–H groups in total. The smallest absolute Gasteiger partial charge is 0.193 e. The zero-order valence-corrected chi connectivity index (χ0v) is 16.2. The van der Waals surface area contributed by atoms with Crippen molar-refractivity contribution in [3.8, 4) is 22.6 Å². The third-order valence-electron chi connectivity index (χ3n) is 3.91. The maximum absolute atomic E-state index is 13.0. The first-order chi connectivity index (χ1) is 12.2. The van der Waals surface area contributed by atoms with E-state index in [2.05, 4.69) is 12.1 Å². The molecule has 0 fully saturated rings. The Kier molecular flexibility index (Phi) is 7.48. The molecule has 3 aromatic rings. The SMILES string of the molecule is COc1cccc(OC)c1C(=O)Pc1ccccc1-c1ccccc1.[Li]. The number of hydrogen-bond acceptors (Lipinski definition) is 3. The number of rotatable bonds is 6. The molecular weight excluding hydrogens is 338 g/mol. The molecule has 26 heavy (non-hydrogen) atoms. The van der Waals surface area contributed by atoms with Gasteiger partial charge in [0.15, 0.2) is 5.52 Å². The van der Waals surface area contributed by atoms with Gasteiger partial charge in [0.1, 0.15) is 17.1 Å². The predicted octanol–water partition coefficient (Wildman–Crippen LogP) is 4.13. The molecule has 1 radical (unpaired) electrons. The van der Waals surface area contributed by atoms with Crippen LogP contribution in [0.5, 0.6) is 11.5 Å². The molecule has 3 aromatic carbocycles. The molecule has 0 heterocycles. The summed E-state index contributed by atoms with van der Waals surface area (Å²) >= 11 is 0. The van der Waals surface area contributed by atoms with E-state index in [1.807, 2.05) is 48.5 Å². The third-order valence-corrected chi connectivity index (χ3v) is 5.10. The van der Waals surface area contributed by atoms with Gasteiger partial charge in [-0.1, -0.05) is 60.7 Å². The summed E-state index contributed by atoms with van der Waals surface area (Å²) in [6.45, 7) is 0. The van der Waals surface area contributed by atoms with E-state index in [0.717, 1.165) is 16.4 Å². The van der Waals surface area contributed by atoms with Crippen LogP contribution in [0.1, 0.15) is 10.4 Å². The van der Waals surface area contributed by atoms with Crippen LogP contribution in [0.25, 0.3) is 11.1 Å². The van der Waals surface area contributed by atoms with Crippen molar-refractivity contribution in [3.05, 3.63) is 78.4 Å². The summed E-state index contributed by atoms with van der Waals surface area (Å²) in [5.74, 6) is 1.07. The van der Waals surface area contributed by atoms with Crippen molar-refractivity contribution in [1.82, 2.24) is 0 Å². The number of carbonyl (C=O) groups is 1. The monoisotopic (exact) mass is 357 g/mol. The summed E-state index contributed by atoms with van der Waals surface area (Å²) in [7, 11) is 3.10. The van der Waals surface area contributed by atoms with Crippen LogP contribution in [0.2, 0.25) is 0 Å². The van der Waals surface area contributed by atoms with E-state index in [0.29, 0.717) is 17.1 Å². The largest absolute Gasteiger partial charge is 0.496 e. The Hall–Kier alpha value is -2.04. The van der Waals surface area contributed by atoms with Crippen molar-refractivity contribution < 1.29 is 14.3 Å². The van der Waals surface area contributed by atoms with Crippen molar-refractivity contribution in [2.24, 2.45) is 0 Å². The average molecular weight is 357 g/mol. The molecule has 0 spiro atoms. The van der Waals surface area contributed by atoms with Crippen molar-refractivity contribution in [3.63, 3.8) is 0 Å². The van der Waals surface area contributed by atoms with E-state index >= 15 is 0 Å². The number of carbonyl (C=O) groups excluding carboxylic acids is 1. The van der Waals surface area contributed by atoms with Crippen LogP contribution in [0.4, 0.5) is 0 Å². The van der Waals surface area contributed by atoms with Gasteiger partial charge >= 0.3 is 0 Å². The summed E-state index contributed by atoms with van der Waals surface area (Å²) in [6.07, 6.45) is 0. The van der Waals surface area contributed by atoms with Crippen LogP contribution in [-0.4, -0.2) is 38.6 Å². The van der Waals surface area contributed by atoms with Gasteiger partial charge in [-0.25, -0.2) is 0 Å². The Morgan fingerprint density at radius 1 is 0.769 bits per heavy atom. The standard InChI is InChI=1S/C21H19O3P.Li/c1-23-17-12-8-13-18(24-2)20(17)21(22)25-19-14-7-6-11-16(19)15-9-4-3-5-10-15;/h3-14,25H,1-2H3;. The molecule has 0 aliphatic carbocycles. The minimum Gasteiger partial charge on any atom is -0.496 e. The molecule has 5 heteroatoms. The van der Waals surface area contributed by atoms with Gasteiger partial charge in [-0.05, 0) is 37.1 Å². The van der Waals surface area contributed by atoms with Gasteiger partial charge in [-0.3, -0.25) is 4.79 Å². The zero-order chi connectivity index (χ0) is 17.6. The van der Waals surface area contributed by atoms with Crippen molar-refractivity contribution in [1.29, 1.82) is 0 Å². The van der Waals surface area contributed by atoms with E-state index in [-0.39, 0.29) is 33.0 Å². The molecule has 1 atom stereocenters. The maximum atomic E-state index is 13.0. The first-order valence-corrected chi connectivity index (χ1v) is 8.91. The molecule has 0 amide bonds. The van der Waals surface area contributed by atoms with Crippen molar-refractivity contribution in [2.75, 3.05) is 14.2 Å². The first-order valence-electron chi connectivity index (χ1n) is 7.91. The molecular formula is C21H19LiO3P. The van der Waals surface area contributed by atoms with Gasteiger partial charge in [0.2, 0.25) is 0 Å². The van der Waals surface area contributed by atoms with E-state index in [4.69, 9.17) is 9.47 Å². The number of ether oxygens (including phenoxy) is 2.